The molecule has 23 heavy (non-hydrogen) atoms. The second-order valence-corrected chi connectivity index (χ2v) is 6.05. The van der Waals surface area contributed by atoms with Crippen molar-refractivity contribution in [3.8, 4) is 5.75 Å². The maximum Gasteiger partial charge on any atom is 0.191 e. The zero-order valence-corrected chi connectivity index (χ0v) is 14.6. The summed E-state index contributed by atoms with van der Waals surface area (Å²) < 4.78 is 5.38. The Morgan fingerprint density at radius 3 is 2.87 bits per heavy atom. The Bertz CT molecular complexity index is 504. The van der Waals surface area contributed by atoms with E-state index in [9.17, 15) is 0 Å². The first kappa shape index (κ1) is 17.6. The van der Waals surface area contributed by atoms with E-state index in [1.165, 1.54) is 25.8 Å². The van der Waals surface area contributed by atoms with Gasteiger partial charge in [-0.3, -0.25) is 9.89 Å². The molecule has 0 aliphatic carbocycles. The van der Waals surface area contributed by atoms with Crippen molar-refractivity contribution in [1.82, 2.24) is 15.5 Å². The minimum absolute atomic E-state index is 0.698. The number of likely N-dealkylation sites (tertiary alicyclic amines) is 1. The van der Waals surface area contributed by atoms with Crippen LogP contribution in [0, 0.1) is 0 Å². The van der Waals surface area contributed by atoms with Gasteiger partial charge in [0.2, 0.25) is 0 Å². The van der Waals surface area contributed by atoms with E-state index in [2.05, 4.69) is 33.5 Å². The molecule has 5 heteroatoms. The van der Waals surface area contributed by atoms with Crippen LogP contribution in [-0.2, 0) is 6.54 Å². The summed E-state index contributed by atoms with van der Waals surface area (Å²) in [7, 11) is 3.51. The fourth-order valence-electron chi connectivity index (χ4n) is 3.06. The summed E-state index contributed by atoms with van der Waals surface area (Å²) in [5, 5.41) is 6.75. The number of hydrogen-bond donors (Lipinski definition) is 2. The molecule has 1 heterocycles. The van der Waals surface area contributed by atoms with Crippen molar-refractivity contribution in [3.63, 3.8) is 0 Å². The number of nitrogens with one attached hydrogen (secondary N) is 2. The lowest BCUT2D eigenvalue weighted by Crippen LogP contribution is -2.45. The van der Waals surface area contributed by atoms with Crippen molar-refractivity contribution in [2.24, 2.45) is 4.99 Å². The molecule has 5 nitrogen and oxygen atoms in total. The topological polar surface area (TPSA) is 48.9 Å². The third-order valence-electron chi connectivity index (χ3n) is 4.49. The lowest BCUT2D eigenvalue weighted by atomic mass is 10.0. The highest BCUT2D eigenvalue weighted by Crippen LogP contribution is 2.17. The van der Waals surface area contributed by atoms with Crippen molar-refractivity contribution in [2.75, 3.05) is 33.8 Å². The molecule has 0 aromatic heterocycles. The number of rotatable bonds is 6. The van der Waals surface area contributed by atoms with Gasteiger partial charge in [0, 0.05) is 38.3 Å². The predicted molar refractivity (Wildman–Crippen MR) is 96.1 cm³/mol. The van der Waals surface area contributed by atoms with Crippen LogP contribution in [0.15, 0.2) is 29.3 Å². The number of aliphatic imine (C=N–C) groups is 1. The second kappa shape index (κ2) is 9.40. The molecule has 1 aromatic carbocycles. The van der Waals surface area contributed by atoms with Gasteiger partial charge in [0.1, 0.15) is 5.75 Å². The van der Waals surface area contributed by atoms with Crippen LogP contribution in [-0.4, -0.2) is 50.7 Å². The molecule has 0 bridgehead atoms. The summed E-state index contributed by atoms with van der Waals surface area (Å²) in [4.78, 5) is 6.85. The number of benzene rings is 1. The number of hydrogen-bond acceptors (Lipinski definition) is 3. The Hall–Kier alpha value is -1.75. The molecule has 1 atom stereocenters. The Kier molecular flexibility index (Phi) is 7.20. The fraction of sp³-hybridized carbons (Fsp3) is 0.611. The van der Waals surface area contributed by atoms with Gasteiger partial charge in [-0.05, 0) is 32.4 Å². The maximum atomic E-state index is 5.38. The lowest BCUT2D eigenvalue weighted by Gasteiger charge is -2.33. The van der Waals surface area contributed by atoms with Gasteiger partial charge >= 0.3 is 0 Å². The zero-order chi connectivity index (χ0) is 16.5. The number of guanidine groups is 1. The smallest absolute Gasteiger partial charge is 0.191 e. The van der Waals surface area contributed by atoms with Gasteiger partial charge < -0.3 is 15.4 Å². The summed E-state index contributed by atoms with van der Waals surface area (Å²) in [5.74, 6) is 1.73. The minimum Gasteiger partial charge on any atom is -0.496 e. The van der Waals surface area contributed by atoms with E-state index >= 15 is 0 Å². The third-order valence-corrected chi connectivity index (χ3v) is 4.49. The summed E-state index contributed by atoms with van der Waals surface area (Å²) in [5.41, 5.74) is 1.13. The predicted octanol–water partition coefficient (Wildman–Crippen LogP) is 2.23. The molecule has 0 amide bonds. The first-order valence-corrected chi connectivity index (χ1v) is 8.55. The summed E-state index contributed by atoms with van der Waals surface area (Å²) >= 11 is 0. The minimum atomic E-state index is 0.698. The molecule has 1 aliphatic heterocycles. The molecule has 1 aromatic rings. The van der Waals surface area contributed by atoms with Crippen molar-refractivity contribution >= 4 is 5.96 Å². The molecule has 128 valence electrons. The van der Waals surface area contributed by atoms with Gasteiger partial charge in [0.15, 0.2) is 5.96 Å². The highest BCUT2D eigenvalue weighted by molar-refractivity contribution is 5.79. The standard InChI is InChI=1S/C18H30N4O/c1-15-8-6-7-12-22(15)13-11-20-18(19-2)21-14-16-9-4-5-10-17(16)23-3/h4-5,9-10,15H,6-8,11-14H2,1-3H3,(H2,19,20,21). The van der Waals surface area contributed by atoms with Crippen molar-refractivity contribution < 1.29 is 4.74 Å². The van der Waals surface area contributed by atoms with Crippen molar-refractivity contribution in [3.05, 3.63) is 29.8 Å². The van der Waals surface area contributed by atoms with Gasteiger partial charge in [-0.2, -0.15) is 0 Å². The molecule has 2 N–H and O–H groups in total. The van der Waals surface area contributed by atoms with Crippen LogP contribution in [0.4, 0.5) is 0 Å². The van der Waals surface area contributed by atoms with E-state index in [0.29, 0.717) is 12.6 Å². The molecule has 0 spiro atoms. The number of para-hydroxylation sites is 1. The normalized spacial score (nSPS) is 19.4. The Morgan fingerprint density at radius 2 is 2.13 bits per heavy atom. The van der Waals surface area contributed by atoms with E-state index in [0.717, 1.165) is 30.4 Å². The van der Waals surface area contributed by atoms with Gasteiger partial charge in [0.25, 0.3) is 0 Å². The molecule has 0 saturated carbocycles. The van der Waals surface area contributed by atoms with Gasteiger partial charge in [0.05, 0.1) is 7.11 Å². The number of ether oxygens (including phenoxy) is 1. The lowest BCUT2D eigenvalue weighted by molar-refractivity contribution is 0.163. The van der Waals surface area contributed by atoms with Crippen LogP contribution < -0.4 is 15.4 Å². The largest absolute Gasteiger partial charge is 0.496 e. The fourth-order valence-corrected chi connectivity index (χ4v) is 3.06. The van der Waals surface area contributed by atoms with Gasteiger partial charge in [-0.1, -0.05) is 24.6 Å². The summed E-state index contributed by atoms with van der Waals surface area (Å²) in [6.07, 6.45) is 4.01. The van der Waals surface area contributed by atoms with E-state index in [1.54, 1.807) is 14.2 Å². The molecule has 1 aliphatic rings. The van der Waals surface area contributed by atoms with Crippen LogP contribution >= 0.6 is 0 Å². The van der Waals surface area contributed by atoms with E-state index in [4.69, 9.17) is 4.74 Å². The Morgan fingerprint density at radius 1 is 1.30 bits per heavy atom. The van der Waals surface area contributed by atoms with Gasteiger partial charge in [-0.25, -0.2) is 0 Å². The van der Waals surface area contributed by atoms with E-state index in [1.807, 2.05) is 18.2 Å². The van der Waals surface area contributed by atoms with Gasteiger partial charge in [-0.15, -0.1) is 0 Å². The zero-order valence-electron chi connectivity index (χ0n) is 14.6. The third kappa shape index (κ3) is 5.43. The summed E-state index contributed by atoms with van der Waals surface area (Å²) in [6.45, 7) is 6.22. The SMILES string of the molecule is CN=C(NCCN1CCCCC1C)NCc1ccccc1OC. The highest BCUT2D eigenvalue weighted by Gasteiger charge is 2.17. The molecule has 2 rings (SSSR count). The van der Waals surface area contributed by atoms with Crippen LogP contribution in [0.3, 0.4) is 0 Å². The first-order chi connectivity index (χ1) is 11.2. The van der Waals surface area contributed by atoms with E-state index in [-0.39, 0.29) is 0 Å². The molecule has 1 saturated heterocycles. The molecule has 0 radical (unpaired) electrons. The van der Waals surface area contributed by atoms with Crippen LogP contribution in [0.5, 0.6) is 5.75 Å². The molecular weight excluding hydrogens is 288 g/mol. The summed E-state index contributed by atoms with van der Waals surface area (Å²) in [6, 6.07) is 8.75. The number of piperidine rings is 1. The Balaban J connectivity index is 1.75. The molecular formula is C18H30N4O. The monoisotopic (exact) mass is 318 g/mol. The van der Waals surface area contributed by atoms with Crippen LogP contribution in [0.25, 0.3) is 0 Å². The first-order valence-electron chi connectivity index (χ1n) is 8.55. The van der Waals surface area contributed by atoms with Crippen LogP contribution in [0.2, 0.25) is 0 Å². The molecule has 1 fully saturated rings. The van der Waals surface area contributed by atoms with Crippen molar-refractivity contribution in [1.29, 1.82) is 0 Å². The quantitative estimate of drug-likeness (QED) is 0.624. The highest BCUT2D eigenvalue weighted by atomic mass is 16.5. The van der Waals surface area contributed by atoms with Crippen molar-refractivity contribution in [2.45, 2.75) is 38.8 Å². The Labute approximate surface area is 140 Å². The van der Waals surface area contributed by atoms with Crippen LogP contribution in [0.1, 0.15) is 31.7 Å². The average Bonchev–Trinajstić information content (AvgIpc) is 2.59. The molecule has 1 unspecified atom stereocenters. The van der Waals surface area contributed by atoms with E-state index < -0.39 is 0 Å². The number of nitrogens with zero attached hydrogens (tertiary/aromatic N) is 2. The average molecular weight is 318 g/mol. The number of methoxy groups -OCH3 is 1. The second-order valence-electron chi connectivity index (χ2n) is 6.05. The maximum absolute atomic E-state index is 5.38.